The molecular weight excluding hydrogens is 387 g/mol. The average Bonchev–Trinajstić information content (AvgIpc) is 2.94. The molecule has 2 heterocycles. The molecule has 2 aromatic carbocycles. The predicted octanol–water partition coefficient (Wildman–Crippen LogP) is 6.56. The van der Waals surface area contributed by atoms with Crippen LogP contribution in [0.2, 0.25) is 5.02 Å². The molecule has 0 spiro atoms. The second-order valence-corrected chi connectivity index (χ2v) is 7.50. The van der Waals surface area contributed by atoms with Crippen LogP contribution in [0.4, 0.5) is 0 Å². The highest BCUT2D eigenvalue weighted by Gasteiger charge is 2.15. The lowest BCUT2D eigenvalue weighted by Gasteiger charge is -2.12. The molecule has 0 N–H and O–H groups in total. The number of pyridine rings is 1. The first-order valence-electron chi connectivity index (χ1n) is 9.35. The summed E-state index contributed by atoms with van der Waals surface area (Å²) in [7, 11) is 0. The van der Waals surface area contributed by atoms with Crippen LogP contribution in [-0.4, -0.2) is 9.55 Å². The number of nitrogens with zero attached hydrogens (tertiary/aromatic N) is 2. The molecule has 0 bridgehead atoms. The van der Waals surface area contributed by atoms with Gasteiger partial charge in [0.25, 0.3) is 0 Å². The van der Waals surface area contributed by atoms with Gasteiger partial charge in [-0.25, -0.2) is 0 Å². The number of aromatic nitrogens is 2. The van der Waals surface area contributed by atoms with Crippen LogP contribution in [0.5, 0.6) is 0 Å². The standard InChI is InChI=1S/C24H23ClN2.ClH/c1-17-18(2)27(16-20-8-11-21(25)12-9-20)24-22(17)14-15-26-23(24)13-10-19-6-4-3-5-7-19;/h3-9,11-12,14-15H,10,13,16H2,1-2H3;1H. The van der Waals surface area contributed by atoms with Crippen LogP contribution >= 0.6 is 24.0 Å². The zero-order valence-corrected chi connectivity index (χ0v) is 17.7. The van der Waals surface area contributed by atoms with Crippen molar-refractivity contribution in [2.24, 2.45) is 0 Å². The Bertz CT molecular complexity index is 1070. The lowest BCUT2D eigenvalue weighted by molar-refractivity contribution is 0.788. The van der Waals surface area contributed by atoms with Crippen molar-refractivity contribution >= 4 is 34.9 Å². The highest BCUT2D eigenvalue weighted by atomic mass is 35.5. The zero-order valence-electron chi connectivity index (χ0n) is 16.2. The van der Waals surface area contributed by atoms with Crippen molar-refractivity contribution < 1.29 is 0 Å². The number of aryl methyl sites for hydroxylation is 3. The molecule has 0 amide bonds. The molecule has 2 aromatic heterocycles. The molecule has 0 unspecified atom stereocenters. The Morgan fingerprint density at radius 2 is 1.57 bits per heavy atom. The summed E-state index contributed by atoms with van der Waals surface area (Å²) in [4.78, 5) is 4.75. The lowest BCUT2D eigenvalue weighted by atomic mass is 10.1. The van der Waals surface area contributed by atoms with Crippen molar-refractivity contribution in [3.8, 4) is 0 Å². The first-order chi connectivity index (χ1) is 13.1. The van der Waals surface area contributed by atoms with Crippen molar-refractivity contribution in [1.82, 2.24) is 9.55 Å². The van der Waals surface area contributed by atoms with Gasteiger partial charge in [-0.2, -0.15) is 0 Å². The molecule has 0 saturated carbocycles. The van der Waals surface area contributed by atoms with Crippen LogP contribution in [0.1, 0.15) is 28.1 Å². The number of halogens is 2. The first-order valence-corrected chi connectivity index (χ1v) is 9.73. The second-order valence-electron chi connectivity index (χ2n) is 7.06. The lowest BCUT2D eigenvalue weighted by Crippen LogP contribution is -2.05. The predicted molar refractivity (Wildman–Crippen MR) is 121 cm³/mol. The summed E-state index contributed by atoms with van der Waals surface area (Å²) in [6.07, 6.45) is 3.88. The first kappa shape index (κ1) is 20.4. The Labute approximate surface area is 177 Å². The number of benzene rings is 2. The molecule has 4 heteroatoms. The van der Waals surface area contributed by atoms with Gasteiger partial charge in [-0.1, -0.05) is 54.1 Å². The molecule has 0 atom stereocenters. The number of fused-ring (bicyclic) bond motifs is 1. The van der Waals surface area contributed by atoms with Gasteiger partial charge in [-0.15, -0.1) is 12.4 Å². The number of rotatable bonds is 5. The molecule has 0 radical (unpaired) electrons. The quantitative estimate of drug-likeness (QED) is 0.364. The van der Waals surface area contributed by atoms with Crippen LogP contribution in [0, 0.1) is 13.8 Å². The minimum Gasteiger partial charge on any atom is -0.339 e. The fraction of sp³-hybridized carbons (Fsp3) is 0.208. The summed E-state index contributed by atoms with van der Waals surface area (Å²) in [5, 5.41) is 2.08. The van der Waals surface area contributed by atoms with E-state index in [1.165, 1.54) is 39.0 Å². The molecule has 0 saturated heterocycles. The smallest absolute Gasteiger partial charge is 0.0707 e. The van der Waals surface area contributed by atoms with Crippen LogP contribution in [0.25, 0.3) is 10.9 Å². The van der Waals surface area contributed by atoms with Gasteiger partial charge in [-0.3, -0.25) is 4.98 Å². The summed E-state index contributed by atoms with van der Waals surface area (Å²) >= 11 is 6.05. The molecule has 4 aromatic rings. The molecule has 0 fully saturated rings. The molecule has 0 aliphatic carbocycles. The Hall–Kier alpha value is -2.29. The minimum atomic E-state index is 0. The van der Waals surface area contributed by atoms with Gasteiger partial charge >= 0.3 is 0 Å². The largest absolute Gasteiger partial charge is 0.339 e. The van der Waals surface area contributed by atoms with Crippen LogP contribution in [0.15, 0.2) is 66.9 Å². The van der Waals surface area contributed by atoms with Gasteiger partial charge in [0, 0.05) is 28.8 Å². The summed E-state index contributed by atoms with van der Waals surface area (Å²) in [6.45, 7) is 5.24. The average molecular weight is 411 g/mol. The minimum absolute atomic E-state index is 0. The van der Waals surface area contributed by atoms with Gasteiger partial charge < -0.3 is 4.57 Å². The van der Waals surface area contributed by atoms with Crippen molar-refractivity contribution in [3.63, 3.8) is 0 Å². The van der Waals surface area contributed by atoms with Gasteiger partial charge in [0.2, 0.25) is 0 Å². The molecular formula is C24H24Cl2N2. The van der Waals surface area contributed by atoms with Crippen LogP contribution in [0.3, 0.4) is 0 Å². The van der Waals surface area contributed by atoms with E-state index in [4.69, 9.17) is 16.6 Å². The van der Waals surface area contributed by atoms with Gasteiger partial charge in [-0.05, 0) is 61.6 Å². The third-order valence-corrected chi connectivity index (χ3v) is 5.62. The van der Waals surface area contributed by atoms with E-state index in [9.17, 15) is 0 Å². The van der Waals surface area contributed by atoms with Crippen molar-refractivity contribution in [1.29, 1.82) is 0 Å². The Morgan fingerprint density at radius 3 is 2.29 bits per heavy atom. The highest BCUT2D eigenvalue weighted by molar-refractivity contribution is 6.30. The molecule has 144 valence electrons. The Morgan fingerprint density at radius 1 is 0.857 bits per heavy atom. The van der Waals surface area contributed by atoms with Gasteiger partial charge in [0.15, 0.2) is 0 Å². The van der Waals surface area contributed by atoms with Crippen molar-refractivity contribution in [3.05, 3.63) is 100.0 Å². The molecule has 28 heavy (non-hydrogen) atoms. The number of hydrogen-bond donors (Lipinski definition) is 0. The summed E-state index contributed by atoms with van der Waals surface area (Å²) < 4.78 is 2.40. The number of hydrogen-bond acceptors (Lipinski definition) is 1. The maximum atomic E-state index is 6.05. The summed E-state index contributed by atoms with van der Waals surface area (Å²) in [6, 6.07) is 20.9. The van der Waals surface area contributed by atoms with E-state index in [0.29, 0.717) is 0 Å². The van der Waals surface area contributed by atoms with E-state index in [2.05, 4.69) is 66.9 Å². The van der Waals surface area contributed by atoms with E-state index in [1.54, 1.807) is 0 Å². The topological polar surface area (TPSA) is 17.8 Å². The van der Waals surface area contributed by atoms with Crippen LogP contribution in [-0.2, 0) is 19.4 Å². The fourth-order valence-electron chi connectivity index (χ4n) is 3.73. The monoisotopic (exact) mass is 410 g/mol. The van der Waals surface area contributed by atoms with E-state index < -0.39 is 0 Å². The fourth-order valence-corrected chi connectivity index (χ4v) is 3.85. The third-order valence-electron chi connectivity index (χ3n) is 5.37. The molecule has 0 aliphatic rings. The normalized spacial score (nSPS) is 10.8. The summed E-state index contributed by atoms with van der Waals surface area (Å²) in [5.41, 5.74) is 7.66. The maximum Gasteiger partial charge on any atom is 0.0707 e. The maximum absolute atomic E-state index is 6.05. The molecule has 0 aliphatic heterocycles. The van der Waals surface area contributed by atoms with E-state index in [-0.39, 0.29) is 12.4 Å². The third kappa shape index (κ3) is 4.09. The van der Waals surface area contributed by atoms with Crippen molar-refractivity contribution in [2.75, 3.05) is 0 Å². The Balaban J connectivity index is 0.00000225. The van der Waals surface area contributed by atoms with Gasteiger partial charge in [0.05, 0.1) is 11.2 Å². The van der Waals surface area contributed by atoms with Crippen molar-refractivity contribution in [2.45, 2.75) is 33.2 Å². The van der Waals surface area contributed by atoms with E-state index in [1.807, 2.05) is 18.3 Å². The molecule has 4 rings (SSSR count). The highest BCUT2D eigenvalue weighted by Crippen LogP contribution is 2.28. The van der Waals surface area contributed by atoms with Crippen LogP contribution < -0.4 is 0 Å². The Kier molecular flexibility index (Phi) is 6.43. The molecule has 2 nitrogen and oxygen atoms in total. The zero-order chi connectivity index (χ0) is 18.8. The SMILES string of the molecule is Cc1c(C)n(Cc2ccc(Cl)cc2)c2c(CCc3ccccc3)nccc12.Cl. The van der Waals surface area contributed by atoms with E-state index >= 15 is 0 Å². The van der Waals surface area contributed by atoms with E-state index in [0.717, 1.165) is 24.4 Å². The second kappa shape index (κ2) is 8.81. The summed E-state index contributed by atoms with van der Waals surface area (Å²) in [5.74, 6) is 0. The van der Waals surface area contributed by atoms with Gasteiger partial charge in [0.1, 0.15) is 0 Å².